The molecule has 25 heavy (non-hydrogen) atoms. The second-order valence-electron chi connectivity index (χ2n) is 6.39. The Kier molecular flexibility index (Phi) is 4.97. The molecular weight excluding hydrogens is 364 g/mol. The van der Waals surface area contributed by atoms with E-state index in [9.17, 15) is 14.4 Å². The highest BCUT2D eigenvalue weighted by Crippen LogP contribution is 2.47. The van der Waals surface area contributed by atoms with Crippen LogP contribution in [0.1, 0.15) is 25.3 Å². The summed E-state index contributed by atoms with van der Waals surface area (Å²) in [5.41, 5.74) is 1.44. The number of nitrogens with one attached hydrogen (secondary N) is 1. The number of carbonyl (C=O) groups excluding carboxylic acids is 3. The van der Waals surface area contributed by atoms with Crippen LogP contribution in [-0.2, 0) is 19.1 Å². The quantitative estimate of drug-likeness (QED) is 0.810. The van der Waals surface area contributed by atoms with Gasteiger partial charge in [-0.1, -0.05) is 17.7 Å². The monoisotopic (exact) mass is 382 g/mol. The van der Waals surface area contributed by atoms with Crippen molar-refractivity contribution in [2.45, 2.75) is 37.6 Å². The number of benzene rings is 1. The molecule has 0 bridgehead atoms. The fourth-order valence-electron chi connectivity index (χ4n) is 3.10. The van der Waals surface area contributed by atoms with Crippen LogP contribution in [0, 0.1) is 6.92 Å². The molecule has 8 heteroatoms. The second-order valence-corrected chi connectivity index (χ2v) is 8.29. The van der Waals surface area contributed by atoms with Crippen LogP contribution in [0.15, 0.2) is 18.2 Å². The van der Waals surface area contributed by atoms with Crippen LogP contribution in [0.2, 0.25) is 5.02 Å². The third-order valence-corrected chi connectivity index (χ3v) is 6.43. The number of anilines is 1. The molecule has 0 aliphatic carbocycles. The van der Waals surface area contributed by atoms with Gasteiger partial charge in [0, 0.05) is 22.9 Å². The largest absolute Gasteiger partial charge is 0.454 e. The molecule has 0 spiro atoms. The van der Waals surface area contributed by atoms with Gasteiger partial charge in [-0.3, -0.25) is 9.59 Å². The molecule has 2 atom stereocenters. The van der Waals surface area contributed by atoms with Crippen molar-refractivity contribution in [2.24, 2.45) is 0 Å². The molecule has 0 radical (unpaired) electrons. The number of rotatable bonds is 4. The van der Waals surface area contributed by atoms with Crippen molar-refractivity contribution in [2.75, 3.05) is 17.7 Å². The summed E-state index contributed by atoms with van der Waals surface area (Å²) in [6, 6.07) is 4.53. The fraction of sp³-hybridized carbons (Fsp3) is 0.471. The summed E-state index contributed by atoms with van der Waals surface area (Å²) < 4.78 is 5.12. The molecule has 0 aromatic heterocycles. The molecule has 3 rings (SSSR count). The summed E-state index contributed by atoms with van der Waals surface area (Å²) in [4.78, 5) is 37.6. The zero-order chi connectivity index (χ0) is 18.2. The number of carbonyl (C=O) groups is 3. The predicted octanol–water partition coefficient (Wildman–Crippen LogP) is 2.58. The molecule has 2 saturated heterocycles. The molecule has 0 unspecified atom stereocenters. The van der Waals surface area contributed by atoms with Crippen molar-refractivity contribution in [1.29, 1.82) is 0 Å². The molecule has 6 nitrogen and oxygen atoms in total. The van der Waals surface area contributed by atoms with E-state index in [1.54, 1.807) is 34.9 Å². The third kappa shape index (κ3) is 3.62. The lowest BCUT2D eigenvalue weighted by molar-refractivity contribution is -0.155. The molecule has 2 aliphatic heterocycles. The maximum absolute atomic E-state index is 12.3. The first-order chi connectivity index (χ1) is 11.8. The molecule has 0 saturated carbocycles. The summed E-state index contributed by atoms with van der Waals surface area (Å²) in [5.74, 6) is -0.526. The van der Waals surface area contributed by atoms with Crippen molar-refractivity contribution in [3.05, 3.63) is 28.8 Å². The Bertz CT molecular complexity index is 741. The van der Waals surface area contributed by atoms with Crippen LogP contribution in [0.3, 0.4) is 0 Å². The number of hydrogen-bond donors (Lipinski definition) is 1. The summed E-state index contributed by atoms with van der Waals surface area (Å²) in [7, 11) is 0. The van der Waals surface area contributed by atoms with Gasteiger partial charge in [0.25, 0.3) is 5.91 Å². The van der Waals surface area contributed by atoms with Crippen LogP contribution in [0.4, 0.5) is 5.69 Å². The number of nitrogens with zero attached hydrogens (tertiary/aromatic N) is 1. The number of esters is 1. The summed E-state index contributed by atoms with van der Waals surface area (Å²) in [6.07, 6.45) is 1.18. The first-order valence-electron chi connectivity index (χ1n) is 7.99. The first-order valence-corrected chi connectivity index (χ1v) is 9.35. The van der Waals surface area contributed by atoms with E-state index < -0.39 is 24.5 Å². The average Bonchev–Trinajstić information content (AvgIpc) is 3.05. The number of hydrogen-bond acceptors (Lipinski definition) is 5. The lowest BCUT2D eigenvalue weighted by Gasteiger charge is -2.29. The minimum atomic E-state index is -0.619. The van der Waals surface area contributed by atoms with Crippen molar-refractivity contribution < 1.29 is 19.1 Å². The van der Waals surface area contributed by atoms with Gasteiger partial charge in [-0.15, -0.1) is 11.8 Å². The van der Waals surface area contributed by atoms with E-state index in [0.29, 0.717) is 22.9 Å². The first kappa shape index (κ1) is 18.1. The second kappa shape index (κ2) is 6.88. The van der Waals surface area contributed by atoms with Crippen molar-refractivity contribution in [3.63, 3.8) is 0 Å². The van der Waals surface area contributed by atoms with Gasteiger partial charge in [-0.25, -0.2) is 4.79 Å². The Morgan fingerprint density at radius 3 is 2.96 bits per heavy atom. The van der Waals surface area contributed by atoms with Crippen molar-refractivity contribution in [1.82, 2.24) is 4.90 Å². The summed E-state index contributed by atoms with van der Waals surface area (Å²) >= 11 is 7.60. The zero-order valence-electron chi connectivity index (χ0n) is 14.0. The molecule has 134 valence electrons. The van der Waals surface area contributed by atoms with Crippen LogP contribution in [-0.4, -0.2) is 46.0 Å². The van der Waals surface area contributed by atoms with Gasteiger partial charge < -0.3 is 15.0 Å². The Morgan fingerprint density at radius 2 is 2.24 bits per heavy atom. The Labute approximate surface area is 155 Å². The number of ether oxygens (including phenoxy) is 1. The summed E-state index contributed by atoms with van der Waals surface area (Å²) in [5, 5.41) is 3.18. The standard InChI is InChI=1S/C17H19ClN2O4S/c1-10-3-4-11(7-12(10)18)19-14(21)8-24-16(23)13-9-25-17(2)6-5-15(22)20(13)17/h3-4,7,13H,5-6,8-9H2,1-2H3,(H,19,21)/t13-,17-/m0/s1. The van der Waals surface area contributed by atoms with E-state index in [1.807, 2.05) is 13.8 Å². The maximum atomic E-state index is 12.3. The Hall–Kier alpha value is -1.73. The summed E-state index contributed by atoms with van der Waals surface area (Å²) in [6.45, 7) is 3.43. The smallest absolute Gasteiger partial charge is 0.330 e. The van der Waals surface area contributed by atoms with Crippen LogP contribution in [0.5, 0.6) is 0 Å². The van der Waals surface area contributed by atoms with E-state index in [1.165, 1.54) is 0 Å². The minimum Gasteiger partial charge on any atom is -0.454 e. The van der Waals surface area contributed by atoms with E-state index in [2.05, 4.69) is 5.32 Å². The molecule has 2 fully saturated rings. The molecule has 1 aromatic carbocycles. The number of fused-ring (bicyclic) bond motifs is 1. The van der Waals surface area contributed by atoms with Crippen LogP contribution in [0.25, 0.3) is 0 Å². The molecule has 2 heterocycles. The highest BCUT2D eigenvalue weighted by atomic mass is 35.5. The van der Waals surface area contributed by atoms with Crippen LogP contribution >= 0.6 is 23.4 Å². The highest BCUT2D eigenvalue weighted by molar-refractivity contribution is 8.01. The van der Waals surface area contributed by atoms with Crippen molar-refractivity contribution >= 4 is 46.8 Å². The minimum absolute atomic E-state index is 0.0341. The topological polar surface area (TPSA) is 75.7 Å². The van der Waals surface area contributed by atoms with Gasteiger partial charge in [0.1, 0.15) is 6.04 Å². The zero-order valence-corrected chi connectivity index (χ0v) is 15.6. The maximum Gasteiger partial charge on any atom is 0.330 e. The van der Waals surface area contributed by atoms with E-state index in [-0.39, 0.29) is 10.8 Å². The normalized spacial score (nSPS) is 25.0. The molecule has 2 aliphatic rings. The molecule has 2 amide bonds. The van der Waals surface area contributed by atoms with Crippen molar-refractivity contribution in [3.8, 4) is 0 Å². The van der Waals surface area contributed by atoms with Gasteiger partial charge in [0.15, 0.2) is 6.61 Å². The third-order valence-electron chi connectivity index (χ3n) is 4.52. The molecule has 1 aromatic rings. The van der Waals surface area contributed by atoms with E-state index in [0.717, 1.165) is 12.0 Å². The lowest BCUT2D eigenvalue weighted by Crippen LogP contribution is -2.47. The van der Waals surface area contributed by atoms with Crippen LogP contribution < -0.4 is 5.32 Å². The average molecular weight is 383 g/mol. The fourth-order valence-corrected chi connectivity index (χ4v) is 4.69. The number of amides is 2. The highest BCUT2D eigenvalue weighted by Gasteiger charge is 2.53. The predicted molar refractivity (Wildman–Crippen MR) is 96.5 cm³/mol. The molecular formula is C17H19ClN2O4S. The lowest BCUT2D eigenvalue weighted by atomic mass is 10.2. The van der Waals surface area contributed by atoms with Gasteiger partial charge in [-0.2, -0.15) is 0 Å². The number of thioether (sulfide) groups is 1. The Balaban J connectivity index is 1.54. The number of aryl methyl sites for hydroxylation is 1. The molecule has 1 N–H and O–H groups in total. The van der Waals surface area contributed by atoms with E-state index >= 15 is 0 Å². The van der Waals surface area contributed by atoms with Gasteiger partial charge in [0.05, 0.1) is 4.87 Å². The van der Waals surface area contributed by atoms with Gasteiger partial charge in [0.2, 0.25) is 5.91 Å². The van der Waals surface area contributed by atoms with Gasteiger partial charge in [-0.05, 0) is 38.0 Å². The Morgan fingerprint density at radius 1 is 1.48 bits per heavy atom. The van der Waals surface area contributed by atoms with E-state index in [4.69, 9.17) is 16.3 Å². The van der Waals surface area contributed by atoms with Gasteiger partial charge >= 0.3 is 5.97 Å². The SMILES string of the molecule is Cc1ccc(NC(=O)COC(=O)[C@@H]2CS[C@@]3(C)CCC(=O)N23)cc1Cl. The number of halogens is 1.